The molecule has 0 aliphatic rings. The predicted molar refractivity (Wildman–Crippen MR) is 112 cm³/mol. The van der Waals surface area contributed by atoms with Crippen LogP contribution in [-0.2, 0) is 4.79 Å². The van der Waals surface area contributed by atoms with Crippen molar-refractivity contribution in [1.82, 2.24) is 9.55 Å². The van der Waals surface area contributed by atoms with E-state index < -0.39 is 17.1 Å². The molecule has 0 saturated carbocycles. The van der Waals surface area contributed by atoms with Crippen molar-refractivity contribution in [1.29, 1.82) is 0 Å². The van der Waals surface area contributed by atoms with E-state index in [-0.39, 0.29) is 17.2 Å². The fourth-order valence-corrected chi connectivity index (χ4v) is 2.82. The largest absolute Gasteiger partial charge is 0.493 e. The van der Waals surface area contributed by atoms with Gasteiger partial charge in [0.1, 0.15) is 5.56 Å². The molecule has 0 aliphatic heterocycles. The highest BCUT2D eigenvalue weighted by Gasteiger charge is 2.18. The number of benzene rings is 2. The summed E-state index contributed by atoms with van der Waals surface area (Å²) in [4.78, 5) is 43.0. The highest BCUT2D eigenvalue weighted by Crippen LogP contribution is 2.26. The molecule has 1 aromatic heterocycles. The fourth-order valence-electron chi connectivity index (χ4n) is 2.82. The topological polar surface area (TPSA) is 117 Å². The second-order valence-electron chi connectivity index (χ2n) is 6.24. The number of nitrogens with zero attached hydrogens (tertiary/aromatic N) is 2. The van der Waals surface area contributed by atoms with Gasteiger partial charge < -0.3 is 10.4 Å². The summed E-state index contributed by atoms with van der Waals surface area (Å²) in [5.41, 5.74) is -0.163. The number of para-hydroxylation sites is 3. The molecular weight excluding hydrogens is 372 g/mol. The molecule has 0 bridgehead atoms. The van der Waals surface area contributed by atoms with Crippen LogP contribution in [0.5, 0.6) is 5.88 Å². The number of H-pyrrole nitrogens is 1. The van der Waals surface area contributed by atoms with Gasteiger partial charge in [0.25, 0.3) is 5.56 Å². The third kappa shape index (κ3) is 4.16. The van der Waals surface area contributed by atoms with Crippen molar-refractivity contribution < 1.29 is 9.90 Å². The monoisotopic (exact) mass is 392 g/mol. The Balaban J connectivity index is 2.14. The predicted octanol–water partition coefficient (Wildman–Crippen LogP) is 2.72. The molecule has 0 atom stereocenters. The molecule has 29 heavy (non-hydrogen) atoms. The molecule has 1 heterocycles. The van der Waals surface area contributed by atoms with Crippen molar-refractivity contribution in [2.45, 2.75) is 20.3 Å². The lowest BCUT2D eigenvalue weighted by molar-refractivity contribution is -0.115. The molecule has 148 valence electrons. The minimum atomic E-state index is -0.758. The van der Waals surface area contributed by atoms with E-state index in [9.17, 15) is 19.5 Å². The second kappa shape index (κ2) is 8.39. The lowest BCUT2D eigenvalue weighted by Crippen LogP contribution is -2.32. The number of hydrogen-bond acceptors (Lipinski definition) is 5. The first-order chi connectivity index (χ1) is 13.9. The maximum Gasteiger partial charge on any atom is 0.335 e. The van der Waals surface area contributed by atoms with Gasteiger partial charge in [-0.05, 0) is 31.2 Å². The molecule has 3 aromatic rings. The van der Waals surface area contributed by atoms with E-state index in [4.69, 9.17) is 0 Å². The van der Waals surface area contributed by atoms with E-state index in [0.717, 1.165) is 4.57 Å². The lowest BCUT2D eigenvalue weighted by atomic mass is 10.2. The van der Waals surface area contributed by atoms with Crippen molar-refractivity contribution in [3.63, 3.8) is 0 Å². The first kappa shape index (κ1) is 19.8. The lowest BCUT2D eigenvalue weighted by Gasteiger charge is -2.12. The Hall–Kier alpha value is -3.94. The van der Waals surface area contributed by atoms with E-state index in [1.807, 2.05) is 0 Å². The number of aromatic hydroxyl groups is 1. The van der Waals surface area contributed by atoms with E-state index in [1.54, 1.807) is 68.4 Å². The minimum Gasteiger partial charge on any atom is -0.493 e. The maximum absolute atomic E-state index is 12.4. The maximum atomic E-state index is 12.4. The van der Waals surface area contributed by atoms with Crippen molar-refractivity contribution >= 4 is 23.0 Å². The Labute approximate surface area is 166 Å². The van der Waals surface area contributed by atoms with Crippen molar-refractivity contribution in [2.24, 2.45) is 4.99 Å². The summed E-state index contributed by atoms with van der Waals surface area (Å²) in [5, 5.41) is 13.4. The smallest absolute Gasteiger partial charge is 0.335 e. The standard InChI is InChI=1S/C21H20N4O4/c1-3-17(26)23-16-12-8-7-11-15(16)22-13(2)18-19(27)24-21(29)25(20(18)28)14-9-5-4-6-10-14/h4-12,28H,3H2,1-2H3,(H,23,26)(H,24,27,29). The molecule has 0 radical (unpaired) electrons. The van der Waals surface area contributed by atoms with E-state index in [2.05, 4.69) is 15.3 Å². The number of rotatable bonds is 5. The van der Waals surface area contributed by atoms with Crippen molar-refractivity contribution in [2.75, 3.05) is 5.32 Å². The summed E-state index contributed by atoms with van der Waals surface area (Å²) in [6.45, 7) is 3.28. The third-order valence-corrected chi connectivity index (χ3v) is 4.25. The van der Waals surface area contributed by atoms with Gasteiger partial charge in [0.05, 0.1) is 22.8 Å². The van der Waals surface area contributed by atoms with Crippen LogP contribution in [0, 0.1) is 0 Å². The summed E-state index contributed by atoms with van der Waals surface area (Å²) < 4.78 is 1.00. The second-order valence-corrected chi connectivity index (χ2v) is 6.24. The number of aromatic amines is 1. The van der Waals surface area contributed by atoms with Gasteiger partial charge in [0.15, 0.2) is 0 Å². The fraction of sp³-hybridized carbons (Fsp3) is 0.143. The summed E-state index contributed by atoms with van der Waals surface area (Å²) in [7, 11) is 0. The number of aromatic nitrogens is 2. The first-order valence-electron chi connectivity index (χ1n) is 9.00. The third-order valence-electron chi connectivity index (χ3n) is 4.25. The molecule has 2 aromatic carbocycles. The Kier molecular flexibility index (Phi) is 5.73. The quantitative estimate of drug-likeness (QED) is 0.579. The van der Waals surface area contributed by atoms with Gasteiger partial charge in [-0.3, -0.25) is 19.6 Å². The molecule has 0 spiro atoms. The van der Waals surface area contributed by atoms with Crippen LogP contribution in [0.15, 0.2) is 69.2 Å². The van der Waals surface area contributed by atoms with Gasteiger partial charge in [-0.1, -0.05) is 37.3 Å². The first-order valence-corrected chi connectivity index (χ1v) is 9.00. The molecule has 0 fully saturated rings. The van der Waals surface area contributed by atoms with E-state index >= 15 is 0 Å². The number of amides is 1. The Bertz CT molecular complexity index is 1190. The molecule has 0 unspecified atom stereocenters. The molecule has 0 saturated heterocycles. The molecule has 3 N–H and O–H groups in total. The van der Waals surface area contributed by atoms with Crippen molar-refractivity contribution in [3.8, 4) is 11.6 Å². The SMILES string of the molecule is CCC(=O)Nc1ccccc1N=C(C)c1c(O)n(-c2ccccc2)c(=O)[nH]c1=O. The van der Waals surface area contributed by atoms with Gasteiger partial charge in [-0.15, -0.1) is 0 Å². The molecule has 1 amide bonds. The summed E-state index contributed by atoms with van der Waals surface area (Å²) >= 11 is 0. The summed E-state index contributed by atoms with van der Waals surface area (Å²) in [5.74, 6) is -0.690. The number of carbonyl (C=O) groups excluding carboxylic acids is 1. The van der Waals surface area contributed by atoms with Crippen molar-refractivity contribution in [3.05, 3.63) is 81.0 Å². The number of nitrogens with one attached hydrogen (secondary N) is 2. The summed E-state index contributed by atoms with van der Waals surface area (Å²) in [6, 6.07) is 15.3. The van der Waals surface area contributed by atoms with Crippen LogP contribution in [0.3, 0.4) is 0 Å². The van der Waals surface area contributed by atoms with Crippen LogP contribution in [-0.4, -0.2) is 26.3 Å². The molecule has 8 nitrogen and oxygen atoms in total. The number of carbonyl (C=O) groups is 1. The van der Waals surface area contributed by atoms with Crippen LogP contribution >= 0.6 is 0 Å². The molecule has 8 heteroatoms. The highest BCUT2D eigenvalue weighted by molar-refractivity contribution is 6.03. The number of anilines is 1. The molecule has 3 rings (SSSR count). The Morgan fingerprint density at radius 3 is 2.45 bits per heavy atom. The zero-order valence-electron chi connectivity index (χ0n) is 16.0. The minimum absolute atomic E-state index is 0.134. The van der Waals surface area contributed by atoms with Crippen LogP contribution < -0.4 is 16.6 Å². The summed E-state index contributed by atoms with van der Waals surface area (Å²) in [6.07, 6.45) is 0.305. The number of aliphatic imine (C=N–C) groups is 1. The van der Waals surface area contributed by atoms with Gasteiger partial charge in [-0.25, -0.2) is 9.36 Å². The van der Waals surface area contributed by atoms with E-state index in [1.165, 1.54) is 0 Å². The van der Waals surface area contributed by atoms with Gasteiger partial charge in [0.2, 0.25) is 11.8 Å². The molecular formula is C21H20N4O4. The van der Waals surface area contributed by atoms with Gasteiger partial charge in [0, 0.05) is 6.42 Å². The van der Waals surface area contributed by atoms with Crippen LogP contribution in [0.25, 0.3) is 5.69 Å². The average molecular weight is 392 g/mol. The average Bonchev–Trinajstić information content (AvgIpc) is 2.69. The van der Waals surface area contributed by atoms with Crippen LogP contribution in [0.1, 0.15) is 25.8 Å². The highest BCUT2D eigenvalue weighted by atomic mass is 16.3. The van der Waals surface area contributed by atoms with Gasteiger partial charge in [-0.2, -0.15) is 0 Å². The Morgan fingerprint density at radius 1 is 1.10 bits per heavy atom. The molecule has 0 aliphatic carbocycles. The van der Waals surface area contributed by atoms with Crippen LogP contribution in [0.2, 0.25) is 0 Å². The van der Waals surface area contributed by atoms with Gasteiger partial charge >= 0.3 is 5.69 Å². The van der Waals surface area contributed by atoms with E-state index in [0.29, 0.717) is 23.5 Å². The normalized spacial score (nSPS) is 11.3. The van der Waals surface area contributed by atoms with Crippen LogP contribution in [0.4, 0.5) is 11.4 Å². The Morgan fingerprint density at radius 2 is 1.76 bits per heavy atom. The number of hydrogen-bond donors (Lipinski definition) is 3. The zero-order chi connectivity index (χ0) is 21.0. The zero-order valence-corrected chi connectivity index (χ0v) is 16.0.